The molecule has 4 N–H and O–H groups in total. The minimum Gasteiger partial charge on any atom is -0.480 e. The van der Waals surface area contributed by atoms with Crippen molar-refractivity contribution in [3.8, 4) is 0 Å². The summed E-state index contributed by atoms with van der Waals surface area (Å²) in [6.45, 7) is 5.23. The Bertz CT molecular complexity index is 207. The molecule has 0 aromatic rings. The topological polar surface area (TPSA) is 84.8 Å². The molecule has 0 amide bonds. The first-order valence-corrected chi connectivity index (χ1v) is 5.79. The summed E-state index contributed by atoms with van der Waals surface area (Å²) in [5.41, 5.74) is 1.82. The lowest BCUT2D eigenvalue weighted by Gasteiger charge is -2.27. The summed E-state index contributed by atoms with van der Waals surface area (Å²) in [6.07, 6.45) is 2.26. The molecule has 94 valence electrons. The number of nitrogens with zero attached hydrogens (tertiary/aromatic N) is 1. The standard InChI is InChI=1S/C10H21N3O3/c14-10(15)9(12-16)3-1-2-6-13-7-4-11-5-8-13/h9,11-12,16H,1-8H2,(H,14,15)/t9-/m0/s1. The SMILES string of the molecule is O=C(O)[C@H](CCCCN1CCNCC1)NO. The Kier molecular flexibility index (Phi) is 6.32. The second-order valence-electron chi connectivity index (χ2n) is 4.11. The van der Waals surface area contributed by atoms with Gasteiger partial charge in [0.1, 0.15) is 6.04 Å². The van der Waals surface area contributed by atoms with Gasteiger partial charge in [0.2, 0.25) is 0 Å². The maximum Gasteiger partial charge on any atom is 0.323 e. The van der Waals surface area contributed by atoms with Crippen LogP contribution in [0.5, 0.6) is 0 Å². The molecule has 6 heteroatoms. The molecule has 6 nitrogen and oxygen atoms in total. The Balaban J connectivity index is 2.03. The number of carboxylic acids is 1. The molecule has 1 aliphatic heterocycles. The van der Waals surface area contributed by atoms with Crippen LogP contribution in [-0.4, -0.2) is 59.9 Å². The summed E-state index contributed by atoms with van der Waals surface area (Å²) < 4.78 is 0. The number of carbonyl (C=O) groups is 1. The number of aliphatic carboxylic acids is 1. The van der Waals surface area contributed by atoms with E-state index in [4.69, 9.17) is 10.3 Å². The van der Waals surface area contributed by atoms with Crippen LogP contribution in [0.25, 0.3) is 0 Å². The highest BCUT2D eigenvalue weighted by Crippen LogP contribution is 2.03. The van der Waals surface area contributed by atoms with Crippen LogP contribution < -0.4 is 10.8 Å². The van der Waals surface area contributed by atoms with E-state index in [9.17, 15) is 4.79 Å². The van der Waals surface area contributed by atoms with Gasteiger partial charge in [0.05, 0.1) is 0 Å². The first-order chi connectivity index (χ1) is 7.74. The molecule has 0 bridgehead atoms. The molecule has 1 fully saturated rings. The third-order valence-electron chi connectivity index (χ3n) is 2.88. The average Bonchev–Trinajstić information content (AvgIpc) is 2.30. The molecule has 0 spiro atoms. The van der Waals surface area contributed by atoms with Gasteiger partial charge in [-0.15, -0.1) is 0 Å². The van der Waals surface area contributed by atoms with Crippen LogP contribution in [0.2, 0.25) is 0 Å². The lowest BCUT2D eigenvalue weighted by Crippen LogP contribution is -2.43. The maximum absolute atomic E-state index is 10.6. The molecular formula is C10H21N3O3. The van der Waals surface area contributed by atoms with E-state index in [2.05, 4.69) is 10.2 Å². The van der Waals surface area contributed by atoms with Crippen LogP contribution in [0.15, 0.2) is 0 Å². The lowest BCUT2D eigenvalue weighted by atomic mass is 10.1. The van der Waals surface area contributed by atoms with Crippen LogP contribution >= 0.6 is 0 Å². The predicted molar refractivity (Wildman–Crippen MR) is 59.5 cm³/mol. The third-order valence-corrected chi connectivity index (χ3v) is 2.88. The van der Waals surface area contributed by atoms with Crippen LogP contribution in [-0.2, 0) is 4.79 Å². The minimum atomic E-state index is -0.996. The summed E-state index contributed by atoms with van der Waals surface area (Å²) in [5, 5.41) is 20.6. The van der Waals surface area contributed by atoms with Crippen molar-refractivity contribution in [1.29, 1.82) is 0 Å². The van der Waals surface area contributed by atoms with E-state index in [1.807, 2.05) is 5.48 Å². The van der Waals surface area contributed by atoms with Crippen molar-refractivity contribution >= 4 is 5.97 Å². The van der Waals surface area contributed by atoms with Crippen molar-refractivity contribution in [2.75, 3.05) is 32.7 Å². The second-order valence-corrected chi connectivity index (χ2v) is 4.11. The van der Waals surface area contributed by atoms with Crippen molar-refractivity contribution in [3.63, 3.8) is 0 Å². The number of unbranched alkanes of at least 4 members (excludes halogenated alkanes) is 1. The minimum absolute atomic E-state index is 0.470. The maximum atomic E-state index is 10.6. The fourth-order valence-corrected chi connectivity index (χ4v) is 1.86. The van der Waals surface area contributed by atoms with Gasteiger partial charge < -0.3 is 20.5 Å². The summed E-state index contributed by atoms with van der Waals surface area (Å²) in [7, 11) is 0. The van der Waals surface area contributed by atoms with E-state index in [1.165, 1.54) is 0 Å². The van der Waals surface area contributed by atoms with Crippen molar-refractivity contribution in [2.24, 2.45) is 0 Å². The molecule has 1 atom stereocenters. The highest BCUT2D eigenvalue weighted by atomic mass is 16.5. The smallest absolute Gasteiger partial charge is 0.323 e. The fraction of sp³-hybridized carbons (Fsp3) is 0.900. The number of piperazine rings is 1. The van der Waals surface area contributed by atoms with Crippen molar-refractivity contribution in [3.05, 3.63) is 0 Å². The zero-order valence-electron chi connectivity index (χ0n) is 9.48. The fourth-order valence-electron chi connectivity index (χ4n) is 1.86. The number of hydrogen-bond donors (Lipinski definition) is 4. The number of nitrogens with one attached hydrogen (secondary N) is 2. The van der Waals surface area contributed by atoms with Crippen LogP contribution in [0.1, 0.15) is 19.3 Å². The molecule has 16 heavy (non-hydrogen) atoms. The molecular weight excluding hydrogens is 210 g/mol. The van der Waals surface area contributed by atoms with Gasteiger partial charge in [-0.2, -0.15) is 5.48 Å². The van der Waals surface area contributed by atoms with Gasteiger partial charge in [-0.05, 0) is 25.8 Å². The largest absolute Gasteiger partial charge is 0.480 e. The highest BCUT2D eigenvalue weighted by Gasteiger charge is 2.15. The third kappa shape index (κ3) is 4.89. The summed E-state index contributed by atoms with van der Waals surface area (Å²) >= 11 is 0. The number of carboxylic acid groups (broad SMARTS) is 1. The summed E-state index contributed by atoms with van der Waals surface area (Å²) in [5.74, 6) is -0.996. The Hall–Kier alpha value is -0.690. The highest BCUT2D eigenvalue weighted by molar-refractivity contribution is 5.73. The number of hydrogen-bond acceptors (Lipinski definition) is 5. The predicted octanol–water partition coefficient (Wildman–Crippen LogP) is -0.506. The van der Waals surface area contributed by atoms with Crippen molar-refractivity contribution < 1.29 is 15.1 Å². The van der Waals surface area contributed by atoms with Crippen molar-refractivity contribution in [2.45, 2.75) is 25.3 Å². The lowest BCUT2D eigenvalue weighted by molar-refractivity contribution is -0.142. The normalized spacial score (nSPS) is 19.6. The van der Waals surface area contributed by atoms with Gasteiger partial charge in [-0.1, -0.05) is 0 Å². The quantitative estimate of drug-likeness (QED) is 0.349. The zero-order chi connectivity index (χ0) is 11.8. The van der Waals surface area contributed by atoms with Gasteiger partial charge in [0, 0.05) is 26.2 Å². The van der Waals surface area contributed by atoms with Gasteiger partial charge in [0.25, 0.3) is 0 Å². The van der Waals surface area contributed by atoms with Gasteiger partial charge in [-0.25, -0.2) is 0 Å². The van der Waals surface area contributed by atoms with E-state index >= 15 is 0 Å². The Morgan fingerprint density at radius 3 is 2.62 bits per heavy atom. The number of rotatable bonds is 7. The molecule has 0 unspecified atom stereocenters. The van der Waals surface area contributed by atoms with Gasteiger partial charge in [-0.3, -0.25) is 4.79 Å². The molecule has 0 radical (unpaired) electrons. The molecule has 1 saturated heterocycles. The van der Waals surface area contributed by atoms with Gasteiger partial charge >= 0.3 is 5.97 Å². The molecule has 0 saturated carbocycles. The summed E-state index contributed by atoms with van der Waals surface area (Å²) in [4.78, 5) is 13.0. The molecule has 0 aliphatic carbocycles. The molecule has 1 rings (SSSR count). The molecule has 1 heterocycles. The van der Waals surface area contributed by atoms with E-state index < -0.39 is 12.0 Å². The van der Waals surface area contributed by atoms with Crippen LogP contribution in [0.3, 0.4) is 0 Å². The zero-order valence-corrected chi connectivity index (χ0v) is 9.48. The first-order valence-electron chi connectivity index (χ1n) is 5.79. The molecule has 0 aromatic carbocycles. The monoisotopic (exact) mass is 231 g/mol. The van der Waals surface area contributed by atoms with E-state index in [0.29, 0.717) is 6.42 Å². The number of hydroxylamine groups is 1. The Labute approximate surface area is 95.6 Å². The van der Waals surface area contributed by atoms with Crippen LogP contribution in [0.4, 0.5) is 0 Å². The van der Waals surface area contributed by atoms with Crippen LogP contribution in [0, 0.1) is 0 Å². The summed E-state index contributed by atoms with van der Waals surface area (Å²) in [6, 6.07) is -0.831. The van der Waals surface area contributed by atoms with Gasteiger partial charge in [0.15, 0.2) is 0 Å². The average molecular weight is 231 g/mol. The second kappa shape index (κ2) is 7.56. The van der Waals surface area contributed by atoms with E-state index in [1.54, 1.807) is 0 Å². The van der Waals surface area contributed by atoms with Crippen molar-refractivity contribution in [1.82, 2.24) is 15.7 Å². The molecule has 1 aliphatic rings. The first kappa shape index (κ1) is 13.4. The van der Waals surface area contributed by atoms with E-state index in [-0.39, 0.29) is 0 Å². The Morgan fingerprint density at radius 1 is 1.38 bits per heavy atom. The van der Waals surface area contributed by atoms with E-state index in [0.717, 1.165) is 45.6 Å². The molecule has 0 aromatic heterocycles. The Morgan fingerprint density at radius 2 is 2.06 bits per heavy atom.